The molecule has 36 heavy (non-hydrogen) atoms. The van der Waals surface area contributed by atoms with Crippen LogP contribution in [0.4, 0.5) is 0 Å². The van der Waals surface area contributed by atoms with Crippen molar-refractivity contribution in [2.45, 2.75) is 31.7 Å². The van der Waals surface area contributed by atoms with Crippen molar-refractivity contribution in [1.29, 1.82) is 0 Å². The Morgan fingerprint density at radius 1 is 1.06 bits per heavy atom. The number of para-hydroxylation sites is 1. The summed E-state index contributed by atoms with van der Waals surface area (Å²) in [4.78, 5) is 13.2. The SMILES string of the molecule is CS(=O)(=O)N1CCN(S(=O)(=O)CCCC(NC(=O)c2cccc3c2OCCO3)C2CCNCC2)CC1. The van der Waals surface area contributed by atoms with Crippen LogP contribution >= 0.6 is 0 Å². The van der Waals surface area contributed by atoms with E-state index in [9.17, 15) is 21.6 Å². The topological polar surface area (TPSA) is 134 Å². The molecule has 0 aromatic heterocycles. The third-order valence-electron chi connectivity index (χ3n) is 7.06. The summed E-state index contributed by atoms with van der Waals surface area (Å²) in [5.41, 5.74) is 0.419. The van der Waals surface area contributed by atoms with Crippen molar-refractivity contribution in [3.05, 3.63) is 23.8 Å². The number of rotatable bonds is 9. The van der Waals surface area contributed by atoms with Gasteiger partial charge >= 0.3 is 0 Å². The fourth-order valence-corrected chi connectivity index (χ4v) is 7.40. The maximum absolute atomic E-state index is 13.2. The third-order valence-corrected chi connectivity index (χ3v) is 10.3. The van der Waals surface area contributed by atoms with Gasteiger partial charge in [0.1, 0.15) is 13.2 Å². The Balaban J connectivity index is 1.38. The van der Waals surface area contributed by atoms with Crippen LogP contribution in [0, 0.1) is 5.92 Å². The highest BCUT2D eigenvalue weighted by molar-refractivity contribution is 7.89. The Morgan fingerprint density at radius 3 is 2.42 bits per heavy atom. The first-order valence-corrected chi connectivity index (χ1v) is 15.9. The molecule has 3 heterocycles. The molecule has 1 aromatic rings. The van der Waals surface area contributed by atoms with Gasteiger partial charge in [0.15, 0.2) is 11.5 Å². The van der Waals surface area contributed by atoms with E-state index in [0.717, 1.165) is 32.2 Å². The van der Waals surface area contributed by atoms with E-state index in [1.807, 2.05) is 0 Å². The summed E-state index contributed by atoms with van der Waals surface area (Å²) < 4.78 is 63.3. The molecule has 1 amide bonds. The highest BCUT2D eigenvalue weighted by Gasteiger charge is 2.32. The molecule has 3 aliphatic heterocycles. The predicted molar refractivity (Wildman–Crippen MR) is 135 cm³/mol. The molecule has 3 aliphatic rings. The second kappa shape index (κ2) is 11.6. The summed E-state index contributed by atoms with van der Waals surface area (Å²) >= 11 is 0. The van der Waals surface area contributed by atoms with E-state index in [1.54, 1.807) is 18.2 Å². The standard InChI is InChI=1S/C23H36N4O7S2/c1-35(29,30)26-11-13-27(14-12-26)36(31,32)17-3-5-20(18-7-9-24-10-8-18)25-23(28)19-4-2-6-21-22(19)34-16-15-33-21/h2,4,6,18,20,24H,3,5,7-17H2,1H3,(H,25,28). The molecule has 0 bridgehead atoms. The fraction of sp³-hybridized carbons (Fsp3) is 0.696. The van der Waals surface area contributed by atoms with Crippen LogP contribution in [0.2, 0.25) is 0 Å². The van der Waals surface area contributed by atoms with E-state index in [1.165, 1.54) is 8.61 Å². The molecule has 2 saturated heterocycles. The van der Waals surface area contributed by atoms with Crippen molar-refractivity contribution < 1.29 is 31.1 Å². The molecule has 11 nitrogen and oxygen atoms in total. The fourth-order valence-electron chi connectivity index (χ4n) is 5.07. The van der Waals surface area contributed by atoms with Gasteiger partial charge in [-0.15, -0.1) is 0 Å². The van der Waals surface area contributed by atoms with Crippen LogP contribution in [0.1, 0.15) is 36.0 Å². The van der Waals surface area contributed by atoms with Crippen LogP contribution in [-0.2, 0) is 20.0 Å². The number of carbonyl (C=O) groups excluding carboxylic acids is 1. The number of hydrogen-bond donors (Lipinski definition) is 2. The van der Waals surface area contributed by atoms with Gasteiger partial charge in [0, 0.05) is 32.2 Å². The van der Waals surface area contributed by atoms with Crippen molar-refractivity contribution >= 4 is 26.0 Å². The molecular weight excluding hydrogens is 508 g/mol. The number of nitrogens with one attached hydrogen (secondary N) is 2. The molecule has 2 N–H and O–H groups in total. The lowest BCUT2D eigenvalue weighted by Gasteiger charge is -2.33. The van der Waals surface area contributed by atoms with Gasteiger partial charge in [0.05, 0.1) is 17.6 Å². The lowest BCUT2D eigenvalue weighted by atomic mass is 9.87. The summed E-state index contributed by atoms with van der Waals surface area (Å²) in [5.74, 6) is 0.949. The van der Waals surface area contributed by atoms with Gasteiger partial charge in [-0.2, -0.15) is 8.61 Å². The number of piperazine rings is 1. The minimum atomic E-state index is -3.52. The second-order valence-electron chi connectivity index (χ2n) is 9.52. The van der Waals surface area contributed by atoms with Crippen molar-refractivity contribution in [3.8, 4) is 11.5 Å². The molecule has 202 valence electrons. The zero-order valence-corrected chi connectivity index (χ0v) is 22.3. The zero-order chi connectivity index (χ0) is 25.8. The van der Waals surface area contributed by atoms with Gasteiger partial charge in [-0.05, 0) is 56.8 Å². The summed E-state index contributed by atoms with van der Waals surface area (Å²) in [6.45, 7) is 3.18. The average molecular weight is 545 g/mol. The van der Waals surface area contributed by atoms with E-state index < -0.39 is 20.0 Å². The van der Waals surface area contributed by atoms with Crippen LogP contribution in [0.15, 0.2) is 18.2 Å². The summed E-state index contributed by atoms with van der Waals surface area (Å²) in [6.07, 6.45) is 3.87. The highest BCUT2D eigenvalue weighted by atomic mass is 32.2. The average Bonchev–Trinajstić information content (AvgIpc) is 2.87. The minimum absolute atomic E-state index is 0.0408. The van der Waals surface area contributed by atoms with E-state index in [0.29, 0.717) is 43.1 Å². The lowest BCUT2D eigenvalue weighted by molar-refractivity contribution is 0.0900. The molecule has 2 fully saturated rings. The van der Waals surface area contributed by atoms with Gasteiger partial charge in [-0.1, -0.05) is 6.07 Å². The van der Waals surface area contributed by atoms with E-state index in [4.69, 9.17) is 9.47 Å². The third kappa shape index (κ3) is 6.68. The molecule has 0 saturated carbocycles. The number of benzene rings is 1. The van der Waals surface area contributed by atoms with Crippen molar-refractivity contribution in [3.63, 3.8) is 0 Å². The first-order valence-electron chi connectivity index (χ1n) is 12.5. The first-order chi connectivity index (χ1) is 17.1. The molecule has 13 heteroatoms. The minimum Gasteiger partial charge on any atom is -0.486 e. The molecule has 4 rings (SSSR count). The second-order valence-corrected chi connectivity index (χ2v) is 13.6. The zero-order valence-electron chi connectivity index (χ0n) is 20.6. The van der Waals surface area contributed by atoms with Crippen LogP contribution in [0.25, 0.3) is 0 Å². The van der Waals surface area contributed by atoms with E-state index in [-0.39, 0.29) is 49.8 Å². The molecule has 1 unspecified atom stereocenters. The number of amides is 1. The molecule has 0 spiro atoms. The van der Waals surface area contributed by atoms with E-state index >= 15 is 0 Å². The van der Waals surface area contributed by atoms with Gasteiger partial charge in [0.2, 0.25) is 20.0 Å². The quantitative estimate of drug-likeness (QED) is 0.452. The van der Waals surface area contributed by atoms with Crippen LogP contribution in [0.3, 0.4) is 0 Å². The highest BCUT2D eigenvalue weighted by Crippen LogP contribution is 2.34. The Morgan fingerprint density at radius 2 is 1.72 bits per heavy atom. The molecule has 0 aliphatic carbocycles. The van der Waals surface area contributed by atoms with Crippen molar-refractivity contribution in [2.24, 2.45) is 5.92 Å². The van der Waals surface area contributed by atoms with Gasteiger partial charge in [-0.25, -0.2) is 16.8 Å². The Kier molecular flexibility index (Phi) is 8.76. The molecular formula is C23H36N4O7S2. The maximum Gasteiger partial charge on any atom is 0.255 e. The van der Waals surface area contributed by atoms with Gasteiger partial charge < -0.3 is 20.1 Å². The largest absolute Gasteiger partial charge is 0.486 e. The van der Waals surface area contributed by atoms with Gasteiger partial charge in [-0.3, -0.25) is 4.79 Å². The monoisotopic (exact) mass is 544 g/mol. The number of fused-ring (bicyclic) bond motifs is 1. The number of hydrogen-bond acceptors (Lipinski definition) is 8. The van der Waals surface area contributed by atoms with Gasteiger partial charge in [0.25, 0.3) is 5.91 Å². The molecule has 1 aromatic carbocycles. The number of carbonyl (C=O) groups is 1. The van der Waals surface area contributed by atoms with Crippen LogP contribution < -0.4 is 20.1 Å². The number of ether oxygens (including phenoxy) is 2. The first kappa shape index (κ1) is 27.1. The maximum atomic E-state index is 13.2. The Bertz CT molecular complexity index is 1130. The number of piperidine rings is 1. The molecule has 0 radical (unpaired) electrons. The Labute approximate surface area is 213 Å². The van der Waals surface area contributed by atoms with E-state index in [2.05, 4.69) is 10.6 Å². The van der Waals surface area contributed by atoms with Crippen molar-refractivity contribution in [1.82, 2.24) is 19.2 Å². The Hall–Kier alpha value is -1.93. The predicted octanol–water partition coefficient (Wildman–Crippen LogP) is 0.243. The number of nitrogens with zero attached hydrogens (tertiary/aromatic N) is 2. The van der Waals surface area contributed by atoms with Crippen LogP contribution in [-0.4, -0.2) is 102 Å². The number of sulfonamides is 2. The van der Waals surface area contributed by atoms with Crippen molar-refractivity contribution in [2.75, 3.05) is 64.5 Å². The molecule has 1 atom stereocenters. The summed E-state index contributed by atoms with van der Waals surface area (Å²) in [5, 5.41) is 6.49. The van der Waals surface area contributed by atoms with Crippen LogP contribution in [0.5, 0.6) is 11.5 Å². The lowest BCUT2D eigenvalue weighted by Crippen LogP contribution is -2.50. The smallest absolute Gasteiger partial charge is 0.255 e. The summed E-state index contributed by atoms with van der Waals surface area (Å²) in [7, 11) is -6.85. The summed E-state index contributed by atoms with van der Waals surface area (Å²) in [6, 6.07) is 5.08. The normalized spacial score (nSPS) is 21.1.